The highest BCUT2D eigenvalue weighted by atomic mass is 79.9. The van der Waals surface area contributed by atoms with Crippen molar-refractivity contribution < 1.29 is 8.95 Å². The molecular formula is C14H13BrClNO2S. The number of anilines is 1. The Bertz CT molecular complexity index is 619. The maximum absolute atomic E-state index is 12.1. The molecule has 0 spiro atoms. The van der Waals surface area contributed by atoms with Crippen LogP contribution in [0.5, 0.6) is 5.75 Å². The maximum Gasteiger partial charge on any atom is 0.119 e. The topological polar surface area (TPSA) is 52.3 Å². The molecule has 1 atom stereocenters. The Hall–Kier alpha value is -1.04. The lowest BCUT2D eigenvalue weighted by atomic mass is 10.3. The predicted octanol–water partition coefficient (Wildman–Crippen LogP) is 3.87. The fourth-order valence-corrected chi connectivity index (χ4v) is 3.22. The third-order valence-electron chi connectivity index (χ3n) is 2.55. The van der Waals surface area contributed by atoms with Crippen LogP contribution in [0.15, 0.2) is 51.8 Å². The molecule has 0 radical (unpaired) electrons. The highest BCUT2D eigenvalue weighted by Crippen LogP contribution is 2.22. The number of halogens is 2. The van der Waals surface area contributed by atoms with E-state index in [1.807, 2.05) is 24.3 Å². The quantitative estimate of drug-likeness (QED) is 0.808. The van der Waals surface area contributed by atoms with E-state index < -0.39 is 10.8 Å². The fourth-order valence-electron chi connectivity index (χ4n) is 1.57. The van der Waals surface area contributed by atoms with Gasteiger partial charge in [-0.1, -0.05) is 27.5 Å². The second-order valence-electron chi connectivity index (χ2n) is 4.04. The molecule has 2 aromatic carbocycles. The Morgan fingerprint density at radius 3 is 2.60 bits per heavy atom. The molecule has 0 aromatic heterocycles. The third kappa shape index (κ3) is 4.23. The van der Waals surface area contributed by atoms with Gasteiger partial charge >= 0.3 is 0 Å². The Kier molecular flexibility index (Phi) is 5.46. The van der Waals surface area contributed by atoms with E-state index in [1.54, 1.807) is 18.2 Å². The number of nitrogens with two attached hydrogens (primary N) is 1. The van der Waals surface area contributed by atoms with Gasteiger partial charge in [0.15, 0.2) is 0 Å². The lowest BCUT2D eigenvalue weighted by Crippen LogP contribution is -2.09. The molecular weight excluding hydrogens is 362 g/mol. The van der Waals surface area contributed by atoms with Crippen LogP contribution in [0.4, 0.5) is 5.69 Å². The van der Waals surface area contributed by atoms with Crippen LogP contribution in [-0.2, 0) is 10.8 Å². The Balaban J connectivity index is 1.92. The minimum atomic E-state index is -1.23. The van der Waals surface area contributed by atoms with Crippen LogP contribution in [0.3, 0.4) is 0 Å². The summed E-state index contributed by atoms with van der Waals surface area (Å²) in [4.78, 5) is 0.547. The molecule has 0 aliphatic carbocycles. The molecule has 6 heteroatoms. The van der Waals surface area contributed by atoms with Gasteiger partial charge in [0.1, 0.15) is 12.4 Å². The first-order valence-electron chi connectivity index (χ1n) is 5.88. The van der Waals surface area contributed by atoms with E-state index in [4.69, 9.17) is 22.1 Å². The molecule has 2 aromatic rings. The van der Waals surface area contributed by atoms with Crippen molar-refractivity contribution in [2.75, 3.05) is 18.1 Å². The number of hydrogen-bond donors (Lipinski definition) is 1. The summed E-state index contributed by atoms with van der Waals surface area (Å²) >= 11 is 9.36. The van der Waals surface area contributed by atoms with Gasteiger partial charge in [-0.2, -0.15) is 0 Å². The van der Waals surface area contributed by atoms with Gasteiger partial charge in [0.05, 0.1) is 26.5 Å². The second-order valence-corrected chi connectivity index (χ2v) is 6.90. The van der Waals surface area contributed by atoms with E-state index in [-0.39, 0.29) is 0 Å². The zero-order valence-corrected chi connectivity index (χ0v) is 13.7. The van der Waals surface area contributed by atoms with E-state index in [0.29, 0.717) is 28.0 Å². The predicted molar refractivity (Wildman–Crippen MR) is 86.8 cm³/mol. The van der Waals surface area contributed by atoms with Crippen molar-refractivity contribution in [2.45, 2.75) is 4.90 Å². The van der Waals surface area contributed by atoms with Crippen molar-refractivity contribution in [2.24, 2.45) is 0 Å². The lowest BCUT2D eigenvalue weighted by molar-refractivity contribution is 0.342. The first kappa shape index (κ1) is 15.4. The van der Waals surface area contributed by atoms with Gasteiger partial charge < -0.3 is 10.5 Å². The SMILES string of the molecule is Nc1ccc(Cl)c(S(=O)CCOc2ccc(Br)cc2)c1. The highest BCUT2D eigenvalue weighted by molar-refractivity contribution is 9.10. The summed E-state index contributed by atoms with van der Waals surface area (Å²) in [5, 5.41) is 0.459. The molecule has 0 bridgehead atoms. The van der Waals surface area contributed by atoms with E-state index in [1.165, 1.54) is 0 Å². The molecule has 2 N–H and O–H groups in total. The molecule has 0 amide bonds. The van der Waals surface area contributed by atoms with Crippen LogP contribution < -0.4 is 10.5 Å². The number of nitrogen functional groups attached to an aromatic ring is 1. The number of benzene rings is 2. The monoisotopic (exact) mass is 373 g/mol. The molecule has 0 fully saturated rings. The lowest BCUT2D eigenvalue weighted by Gasteiger charge is -2.08. The first-order chi connectivity index (χ1) is 9.56. The van der Waals surface area contributed by atoms with Gasteiger partial charge in [-0.25, -0.2) is 0 Å². The largest absolute Gasteiger partial charge is 0.493 e. The van der Waals surface area contributed by atoms with Crippen LogP contribution in [0, 0.1) is 0 Å². The summed E-state index contributed by atoms with van der Waals surface area (Å²) in [5.74, 6) is 1.10. The van der Waals surface area contributed by atoms with Crippen molar-refractivity contribution in [1.29, 1.82) is 0 Å². The average molecular weight is 375 g/mol. The maximum atomic E-state index is 12.1. The molecule has 3 nitrogen and oxygen atoms in total. The molecule has 20 heavy (non-hydrogen) atoms. The van der Waals surface area contributed by atoms with Crippen molar-refractivity contribution in [3.05, 3.63) is 52.0 Å². The zero-order chi connectivity index (χ0) is 14.5. The van der Waals surface area contributed by atoms with Gasteiger partial charge in [0, 0.05) is 10.2 Å². The smallest absolute Gasteiger partial charge is 0.119 e. The third-order valence-corrected chi connectivity index (χ3v) is 4.89. The second kappa shape index (κ2) is 7.11. The molecule has 0 saturated heterocycles. The minimum Gasteiger partial charge on any atom is -0.493 e. The number of ether oxygens (including phenoxy) is 1. The van der Waals surface area contributed by atoms with Crippen LogP contribution in [0.2, 0.25) is 5.02 Å². The van der Waals surface area contributed by atoms with Gasteiger partial charge in [-0.15, -0.1) is 0 Å². The van der Waals surface area contributed by atoms with Crippen molar-refractivity contribution in [3.8, 4) is 5.75 Å². The van der Waals surface area contributed by atoms with E-state index in [2.05, 4.69) is 15.9 Å². The fraction of sp³-hybridized carbons (Fsp3) is 0.143. The Morgan fingerprint density at radius 2 is 1.90 bits per heavy atom. The zero-order valence-electron chi connectivity index (χ0n) is 10.5. The summed E-state index contributed by atoms with van der Waals surface area (Å²) in [6.45, 7) is 0.347. The van der Waals surface area contributed by atoms with Gasteiger partial charge in [-0.3, -0.25) is 4.21 Å². The Morgan fingerprint density at radius 1 is 1.20 bits per heavy atom. The van der Waals surface area contributed by atoms with Gasteiger partial charge in [0.2, 0.25) is 0 Å². The molecule has 2 rings (SSSR count). The first-order valence-corrected chi connectivity index (χ1v) is 8.37. The normalized spacial score (nSPS) is 12.1. The van der Waals surface area contributed by atoms with Crippen molar-refractivity contribution in [3.63, 3.8) is 0 Å². The summed E-state index contributed by atoms with van der Waals surface area (Å²) < 4.78 is 18.7. The summed E-state index contributed by atoms with van der Waals surface area (Å²) in [5.41, 5.74) is 6.22. The standard InChI is InChI=1S/C14H13BrClNO2S/c15-10-1-4-12(5-2-10)19-7-8-20(18)14-9-11(17)3-6-13(14)16/h1-6,9H,7-8,17H2. The van der Waals surface area contributed by atoms with Gasteiger partial charge in [0.25, 0.3) is 0 Å². The van der Waals surface area contributed by atoms with E-state index >= 15 is 0 Å². The van der Waals surface area contributed by atoms with Gasteiger partial charge in [-0.05, 0) is 42.5 Å². The summed E-state index contributed by atoms with van der Waals surface area (Å²) in [6.07, 6.45) is 0. The van der Waals surface area contributed by atoms with Crippen LogP contribution in [0.25, 0.3) is 0 Å². The summed E-state index contributed by atoms with van der Waals surface area (Å²) in [6, 6.07) is 12.4. The molecule has 0 heterocycles. The summed E-state index contributed by atoms with van der Waals surface area (Å²) in [7, 11) is -1.23. The highest BCUT2D eigenvalue weighted by Gasteiger charge is 2.09. The molecule has 0 aliphatic heterocycles. The van der Waals surface area contributed by atoms with Crippen LogP contribution in [0.1, 0.15) is 0 Å². The molecule has 0 aliphatic rings. The Labute approximate surface area is 133 Å². The van der Waals surface area contributed by atoms with E-state index in [0.717, 1.165) is 10.2 Å². The van der Waals surface area contributed by atoms with Crippen LogP contribution in [-0.4, -0.2) is 16.6 Å². The molecule has 1 unspecified atom stereocenters. The van der Waals surface area contributed by atoms with Crippen molar-refractivity contribution >= 4 is 44.0 Å². The number of rotatable bonds is 5. The van der Waals surface area contributed by atoms with Crippen LogP contribution >= 0.6 is 27.5 Å². The molecule has 106 valence electrons. The number of hydrogen-bond acceptors (Lipinski definition) is 3. The molecule has 0 saturated carbocycles. The minimum absolute atomic E-state index is 0.347. The average Bonchev–Trinajstić information content (AvgIpc) is 2.43. The van der Waals surface area contributed by atoms with E-state index in [9.17, 15) is 4.21 Å². The van der Waals surface area contributed by atoms with Crippen molar-refractivity contribution in [1.82, 2.24) is 0 Å².